The number of ether oxygens (including phenoxy) is 1. The number of pyridine rings is 1. The van der Waals surface area contributed by atoms with E-state index in [2.05, 4.69) is 26.7 Å². The Labute approximate surface area is 150 Å². The molecule has 2 heterocycles. The third-order valence-electron chi connectivity index (χ3n) is 3.35. The summed E-state index contributed by atoms with van der Waals surface area (Å²) in [5, 5.41) is 10.2. The molecule has 5 nitrogen and oxygen atoms in total. The SMILES string of the molecule is CCn1c(SCCOc2cccc(Cl)c2)nnc1-c1ccncc1. The molecule has 0 saturated carbocycles. The van der Waals surface area contributed by atoms with Crippen LogP contribution in [-0.4, -0.2) is 32.1 Å². The molecule has 24 heavy (non-hydrogen) atoms. The van der Waals surface area contributed by atoms with E-state index in [-0.39, 0.29) is 0 Å². The molecule has 0 amide bonds. The molecule has 0 aliphatic rings. The van der Waals surface area contributed by atoms with Crippen molar-refractivity contribution >= 4 is 23.4 Å². The summed E-state index contributed by atoms with van der Waals surface area (Å²) >= 11 is 7.57. The molecular weight excluding hydrogens is 344 g/mol. The van der Waals surface area contributed by atoms with Crippen molar-refractivity contribution in [1.29, 1.82) is 0 Å². The fraction of sp³-hybridized carbons (Fsp3) is 0.235. The van der Waals surface area contributed by atoms with Gasteiger partial charge in [0.25, 0.3) is 0 Å². The predicted molar refractivity (Wildman–Crippen MR) is 96.6 cm³/mol. The summed E-state index contributed by atoms with van der Waals surface area (Å²) in [5.41, 5.74) is 1.02. The summed E-state index contributed by atoms with van der Waals surface area (Å²) in [6.45, 7) is 3.47. The van der Waals surface area contributed by atoms with E-state index < -0.39 is 0 Å². The molecule has 0 spiro atoms. The van der Waals surface area contributed by atoms with Gasteiger partial charge in [-0.15, -0.1) is 10.2 Å². The molecule has 2 aromatic heterocycles. The second kappa shape index (κ2) is 8.17. The van der Waals surface area contributed by atoms with Gasteiger partial charge in [-0.3, -0.25) is 4.98 Å². The highest BCUT2D eigenvalue weighted by Crippen LogP contribution is 2.24. The van der Waals surface area contributed by atoms with Gasteiger partial charge >= 0.3 is 0 Å². The third kappa shape index (κ3) is 4.07. The highest BCUT2D eigenvalue weighted by atomic mass is 35.5. The number of aromatic nitrogens is 4. The second-order valence-corrected chi connectivity index (χ2v) is 6.44. The second-order valence-electron chi connectivity index (χ2n) is 4.94. The maximum atomic E-state index is 5.94. The predicted octanol–water partition coefficient (Wildman–Crippen LogP) is 4.18. The molecular formula is C17H17ClN4OS. The van der Waals surface area contributed by atoms with Crippen LogP contribution in [0, 0.1) is 0 Å². The topological polar surface area (TPSA) is 52.8 Å². The molecule has 0 bridgehead atoms. The van der Waals surface area contributed by atoms with E-state index in [4.69, 9.17) is 16.3 Å². The zero-order chi connectivity index (χ0) is 16.8. The Balaban J connectivity index is 1.60. The van der Waals surface area contributed by atoms with Gasteiger partial charge in [0, 0.05) is 35.3 Å². The minimum Gasteiger partial charge on any atom is -0.493 e. The Bertz CT molecular complexity index is 794. The fourth-order valence-electron chi connectivity index (χ4n) is 2.24. The number of halogens is 1. The van der Waals surface area contributed by atoms with Crippen molar-refractivity contribution in [2.45, 2.75) is 18.6 Å². The number of thioether (sulfide) groups is 1. The normalized spacial score (nSPS) is 10.8. The highest BCUT2D eigenvalue weighted by Gasteiger charge is 2.12. The zero-order valence-corrected chi connectivity index (χ0v) is 14.8. The van der Waals surface area contributed by atoms with Crippen molar-refractivity contribution < 1.29 is 4.74 Å². The summed E-state index contributed by atoms with van der Waals surface area (Å²) in [7, 11) is 0. The molecule has 0 atom stereocenters. The average Bonchev–Trinajstić information content (AvgIpc) is 3.02. The molecule has 3 aromatic rings. The van der Waals surface area contributed by atoms with Gasteiger partial charge in [-0.25, -0.2) is 0 Å². The summed E-state index contributed by atoms with van der Waals surface area (Å²) in [4.78, 5) is 4.04. The van der Waals surface area contributed by atoms with Crippen LogP contribution in [0.1, 0.15) is 6.92 Å². The number of hydrogen-bond acceptors (Lipinski definition) is 5. The fourth-order valence-corrected chi connectivity index (χ4v) is 3.24. The first kappa shape index (κ1) is 16.8. The third-order valence-corrected chi connectivity index (χ3v) is 4.52. The Kier molecular flexibility index (Phi) is 5.72. The maximum Gasteiger partial charge on any atom is 0.191 e. The van der Waals surface area contributed by atoms with Gasteiger partial charge in [0.15, 0.2) is 11.0 Å². The standard InChI is InChI=1S/C17H17ClN4OS/c1-2-22-16(13-6-8-19-9-7-13)20-21-17(22)24-11-10-23-15-5-3-4-14(18)12-15/h3-9,12H,2,10-11H2,1H3. The van der Waals surface area contributed by atoms with Crippen molar-refractivity contribution in [3.8, 4) is 17.1 Å². The lowest BCUT2D eigenvalue weighted by Gasteiger charge is -2.08. The van der Waals surface area contributed by atoms with Gasteiger partial charge in [0.05, 0.1) is 6.61 Å². The van der Waals surface area contributed by atoms with Crippen molar-refractivity contribution in [2.24, 2.45) is 0 Å². The molecule has 0 radical (unpaired) electrons. The lowest BCUT2D eigenvalue weighted by molar-refractivity contribution is 0.344. The highest BCUT2D eigenvalue weighted by molar-refractivity contribution is 7.99. The van der Waals surface area contributed by atoms with Crippen molar-refractivity contribution in [3.63, 3.8) is 0 Å². The largest absolute Gasteiger partial charge is 0.493 e. The van der Waals surface area contributed by atoms with Crippen molar-refractivity contribution in [3.05, 3.63) is 53.8 Å². The van der Waals surface area contributed by atoms with Crippen LogP contribution < -0.4 is 4.74 Å². The lowest BCUT2D eigenvalue weighted by Crippen LogP contribution is -2.03. The lowest BCUT2D eigenvalue weighted by atomic mass is 10.2. The van der Waals surface area contributed by atoms with E-state index in [0.717, 1.165) is 34.6 Å². The summed E-state index contributed by atoms with van der Waals surface area (Å²) in [6.07, 6.45) is 3.52. The van der Waals surface area contributed by atoms with Gasteiger partial charge in [-0.05, 0) is 37.3 Å². The van der Waals surface area contributed by atoms with Crippen LogP contribution in [-0.2, 0) is 6.54 Å². The Morgan fingerprint density at radius 3 is 2.75 bits per heavy atom. The minimum atomic E-state index is 0.576. The van der Waals surface area contributed by atoms with Crippen LogP contribution in [0.5, 0.6) is 5.75 Å². The van der Waals surface area contributed by atoms with Crippen LogP contribution >= 0.6 is 23.4 Å². The summed E-state index contributed by atoms with van der Waals surface area (Å²) < 4.78 is 7.80. The Morgan fingerprint density at radius 1 is 1.17 bits per heavy atom. The number of hydrogen-bond donors (Lipinski definition) is 0. The monoisotopic (exact) mass is 360 g/mol. The molecule has 1 aromatic carbocycles. The van der Waals surface area contributed by atoms with Gasteiger partial charge in [-0.2, -0.15) is 0 Å². The van der Waals surface area contributed by atoms with E-state index in [1.54, 1.807) is 24.2 Å². The molecule has 0 fully saturated rings. The molecule has 0 N–H and O–H groups in total. The Hall–Kier alpha value is -2.05. The van der Waals surface area contributed by atoms with Gasteiger partial charge < -0.3 is 9.30 Å². The van der Waals surface area contributed by atoms with Crippen LogP contribution in [0.4, 0.5) is 0 Å². The van der Waals surface area contributed by atoms with Crippen molar-refractivity contribution in [2.75, 3.05) is 12.4 Å². The van der Waals surface area contributed by atoms with Crippen molar-refractivity contribution in [1.82, 2.24) is 19.7 Å². The zero-order valence-electron chi connectivity index (χ0n) is 13.2. The van der Waals surface area contributed by atoms with E-state index >= 15 is 0 Å². The smallest absolute Gasteiger partial charge is 0.191 e. The maximum absolute atomic E-state index is 5.94. The number of rotatable bonds is 7. The molecule has 3 rings (SSSR count). The van der Waals surface area contributed by atoms with Crippen LogP contribution in [0.2, 0.25) is 5.02 Å². The van der Waals surface area contributed by atoms with Crippen LogP contribution in [0.25, 0.3) is 11.4 Å². The van der Waals surface area contributed by atoms with Crippen LogP contribution in [0.3, 0.4) is 0 Å². The molecule has 0 aliphatic heterocycles. The molecule has 124 valence electrons. The van der Waals surface area contributed by atoms with Crippen LogP contribution in [0.15, 0.2) is 53.9 Å². The first-order valence-electron chi connectivity index (χ1n) is 7.62. The first-order chi connectivity index (χ1) is 11.8. The van der Waals surface area contributed by atoms with Gasteiger partial charge in [-0.1, -0.05) is 29.4 Å². The summed E-state index contributed by atoms with van der Waals surface area (Å²) in [5.74, 6) is 2.41. The Morgan fingerprint density at radius 2 is 2.00 bits per heavy atom. The minimum absolute atomic E-state index is 0.576. The average molecular weight is 361 g/mol. The molecule has 0 saturated heterocycles. The molecule has 0 aliphatic carbocycles. The summed E-state index contributed by atoms with van der Waals surface area (Å²) in [6, 6.07) is 11.3. The van der Waals surface area contributed by atoms with Gasteiger partial charge in [0.1, 0.15) is 5.75 Å². The van der Waals surface area contributed by atoms with E-state index in [1.165, 1.54) is 0 Å². The number of nitrogens with zero attached hydrogens (tertiary/aromatic N) is 4. The van der Waals surface area contributed by atoms with E-state index in [1.807, 2.05) is 36.4 Å². The van der Waals surface area contributed by atoms with E-state index in [9.17, 15) is 0 Å². The van der Waals surface area contributed by atoms with E-state index in [0.29, 0.717) is 11.6 Å². The van der Waals surface area contributed by atoms with Gasteiger partial charge in [0.2, 0.25) is 0 Å². The quantitative estimate of drug-likeness (QED) is 0.467. The molecule has 0 unspecified atom stereocenters. The number of benzene rings is 1. The first-order valence-corrected chi connectivity index (χ1v) is 8.99. The molecule has 7 heteroatoms.